The van der Waals surface area contributed by atoms with Crippen LogP contribution < -0.4 is 0 Å². The average Bonchev–Trinajstić information content (AvgIpc) is 2.60. The van der Waals surface area contributed by atoms with Gasteiger partial charge >= 0.3 is 0 Å². The Morgan fingerprint density at radius 1 is 1.20 bits per heavy atom. The molecule has 1 saturated carbocycles. The normalized spacial score (nSPS) is 25.1. The van der Waals surface area contributed by atoms with Crippen molar-refractivity contribution in [2.75, 3.05) is 12.9 Å². The third-order valence-corrected chi connectivity index (χ3v) is 9.76. The van der Waals surface area contributed by atoms with Crippen molar-refractivity contribution >= 4 is 18.4 Å². The molecule has 1 aliphatic rings. The number of hydrogen-bond acceptors (Lipinski definition) is 4. The zero-order chi connectivity index (χ0) is 15.6. The summed E-state index contributed by atoms with van der Waals surface area (Å²) in [5.41, 5.74) is 0. The van der Waals surface area contributed by atoms with Gasteiger partial charge in [0.15, 0.2) is 8.32 Å². The van der Waals surface area contributed by atoms with Crippen molar-refractivity contribution in [3.8, 4) is 0 Å². The van der Waals surface area contributed by atoms with E-state index in [1.165, 1.54) is 0 Å². The van der Waals surface area contributed by atoms with Gasteiger partial charge < -0.3 is 4.43 Å². The van der Waals surface area contributed by atoms with Crippen LogP contribution in [0.5, 0.6) is 0 Å². The smallest absolute Gasteiger partial charge is 0.264 e. The first-order valence-electron chi connectivity index (χ1n) is 7.43. The van der Waals surface area contributed by atoms with Crippen molar-refractivity contribution < 1.29 is 17.0 Å². The molecule has 1 aliphatic carbocycles. The lowest BCUT2D eigenvalue weighted by molar-refractivity contribution is 0.206. The van der Waals surface area contributed by atoms with E-state index < -0.39 is 18.4 Å². The van der Waals surface area contributed by atoms with Crippen LogP contribution in [0.25, 0.3) is 0 Å². The minimum Gasteiger partial charge on any atom is -0.417 e. The van der Waals surface area contributed by atoms with Crippen molar-refractivity contribution in [2.24, 2.45) is 5.92 Å². The molecule has 4 nitrogen and oxygen atoms in total. The lowest BCUT2D eigenvalue weighted by Crippen LogP contribution is -2.41. The van der Waals surface area contributed by atoms with E-state index in [9.17, 15) is 8.42 Å². The Bertz CT molecular complexity index is 411. The molecular formula is C14H30O4SSi. The molecule has 0 aromatic heterocycles. The predicted octanol–water partition coefficient (Wildman–Crippen LogP) is 3.54. The van der Waals surface area contributed by atoms with E-state index in [0.29, 0.717) is 5.92 Å². The first kappa shape index (κ1) is 18.1. The van der Waals surface area contributed by atoms with Gasteiger partial charge in [0.25, 0.3) is 10.1 Å². The van der Waals surface area contributed by atoms with E-state index in [0.717, 1.165) is 38.5 Å². The molecule has 0 radical (unpaired) electrons. The largest absolute Gasteiger partial charge is 0.417 e. The van der Waals surface area contributed by atoms with Crippen LogP contribution in [0.2, 0.25) is 18.1 Å². The van der Waals surface area contributed by atoms with Crippen molar-refractivity contribution in [3.05, 3.63) is 0 Å². The molecule has 1 fully saturated rings. The fourth-order valence-electron chi connectivity index (χ4n) is 2.32. The van der Waals surface area contributed by atoms with Gasteiger partial charge in [0.05, 0.1) is 12.4 Å². The van der Waals surface area contributed by atoms with Crippen LogP contribution in [0, 0.1) is 5.92 Å². The Labute approximate surface area is 125 Å². The Morgan fingerprint density at radius 2 is 1.80 bits per heavy atom. The SMILES string of the molecule is CC(C)(C)[Si](C)(C)OCC[C@H]1CC[C@H](OS(C)(=O)=O)C1. The minimum absolute atomic E-state index is 0.122. The molecule has 0 amide bonds. The molecule has 2 atom stereocenters. The highest BCUT2D eigenvalue weighted by Gasteiger charge is 2.37. The van der Waals surface area contributed by atoms with Gasteiger partial charge in [0.1, 0.15) is 0 Å². The van der Waals surface area contributed by atoms with Gasteiger partial charge in [-0.1, -0.05) is 20.8 Å². The molecule has 0 N–H and O–H groups in total. The maximum absolute atomic E-state index is 11.1. The Hall–Kier alpha value is 0.0869. The lowest BCUT2D eigenvalue weighted by atomic mass is 10.1. The quantitative estimate of drug-likeness (QED) is 0.554. The summed E-state index contributed by atoms with van der Waals surface area (Å²) in [7, 11) is -4.98. The third-order valence-electron chi connectivity index (χ3n) is 4.60. The summed E-state index contributed by atoms with van der Waals surface area (Å²) in [6.07, 6.45) is 4.74. The molecular weight excluding hydrogens is 292 g/mol. The summed E-state index contributed by atoms with van der Waals surface area (Å²) >= 11 is 0. The Kier molecular flexibility index (Phi) is 5.86. The van der Waals surface area contributed by atoms with Gasteiger partial charge in [-0.2, -0.15) is 8.42 Å². The first-order chi connectivity index (χ1) is 8.91. The van der Waals surface area contributed by atoms with Crippen LogP contribution in [0.1, 0.15) is 46.5 Å². The Morgan fingerprint density at radius 3 is 2.30 bits per heavy atom. The van der Waals surface area contributed by atoms with Crippen LogP contribution in [0.15, 0.2) is 0 Å². The fraction of sp³-hybridized carbons (Fsp3) is 1.00. The van der Waals surface area contributed by atoms with Crippen LogP contribution >= 0.6 is 0 Å². The predicted molar refractivity (Wildman–Crippen MR) is 84.8 cm³/mol. The van der Waals surface area contributed by atoms with Gasteiger partial charge in [0.2, 0.25) is 0 Å². The van der Waals surface area contributed by atoms with E-state index in [1.807, 2.05) is 0 Å². The Balaban J connectivity index is 2.32. The maximum atomic E-state index is 11.1. The van der Waals surface area contributed by atoms with Gasteiger partial charge in [-0.3, -0.25) is 4.18 Å². The van der Waals surface area contributed by atoms with Crippen LogP contribution in [0.4, 0.5) is 0 Å². The molecule has 0 spiro atoms. The standard InChI is InChI=1S/C14H30O4SSi/c1-14(2,3)20(5,6)17-10-9-12-7-8-13(11-12)18-19(4,15)16/h12-13H,7-11H2,1-6H3/t12-,13+/m1/s1. The molecule has 6 heteroatoms. The van der Waals surface area contributed by atoms with Crippen molar-refractivity contribution in [1.82, 2.24) is 0 Å². The van der Waals surface area contributed by atoms with Crippen LogP contribution in [-0.4, -0.2) is 35.7 Å². The van der Waals surface area contributed by atoms with Gasteiger partial charge in [-0.15, -0.1) is 0 Å². The molecule has 0 saturated heterocycles. The number of hydrogen-bond donors (Lipinski definition) is 0. The highest BCUT2D eigenvalue weighted by atomic mass is 32.2. The van der Waals surface area contributed by atoms with Crippen molar-refractivity contribution in [1.29, 1.82) is 0 Å². The molecule has 20 heavy (non-hydrogen) atoms. The zero-order valence-corrected chi connectivity index (χ0v) is 15.5. The van der Waals surface area contributed by atoms with Crippen LogP contribution in [-0.2, 0) is 18.7 Å². The minimum atomic E-state index is -3.32. The highest BCUT2D eigenvalue weighted by Crippen LogP contribution is 2.37. The van der Waals surface area contributed by atoms with Gasteiger partial charge in [-0.05, 0) is 49.7 Å². The van der Waals surface area contributed by atoms with Crippen LogP contribution in [0.3, 0.4) is 0 Å². The average molecular weight is 323 g/mol. The van der Waals surface area contributed by atoms with E-state index in [4.69, 9.17) is 8.61 Å². The van der Waals surface area contributed by atoms with E-state index in [2.05, 4.69) is 33.9 Å². The van der Waals surface area contributed by atoms with E-state index in [1.54, 1.807) is 0 Å². The third kappa shape index (κ3) is 5.83. The molecule has 0 unspecified atom stereocenters. The number of rotatable bonds is 6. The maximum Gasteiger partial charge on any atom is 0.264 e. The molecule has 120 valence electrons. The highest BCUT2D eigenvalue weighted by molar-refractivity contribution is 7.86. The molecule has 0 aromatic rings. The summed E-state index contributed by atoms with van der Waals surface area (Å²) in [6, 6.07) is 0. The zero-order valence-electron chi connectivity index (χ0n) is 13.7. The lowest BCUT2D eigenvalue weighted by Gasteiger charge is -2.36. The molecule has 0 bridgehead atoms. The monoisotopic (exact) mass is 322 g/mol. The summed E-state index contributed by atoms with van der Waals surface area (Å²) in [5.74, 6) is 0.534. The summed E-state index contributed by atoms with van der Waals surface area (Å²) in [5, 5.41) is 0.241. The van der Waals surface area contributed by atoms with Gasteiger partial charge in [0, 0.05) is 6.61 Å². The van der Waals surface area contributed by atoms with Gasteiger partial charge in [-0.25, -0.2) is 0 Å². The van der Waals surface area contributed by atoms with Crippen molar-refractivity contribution in [2.45, 2.75) is 70.7 Å². The second-order valence-corrected chi connectivity index (χ2v) is 13.9. The summed E-state index contributed by atoms with van der Waals surface area (Å²) in [4.78, 5) is 0. The second kappa shape index (κ2) is 6.46. The molecule has 0 aliphatic heterocycles. The molecule has 0 aromatic carbocycles. The molecule has 1 rings (SSSR count). The topological polar surface area (TPSA) is 52.6 Å². The first-order valence-corrected chi connectivity index (χ1v) is 12.2. The van der Waals surface area contributed by atoms with E-state index >= 15 is 0 Å². The summed E-state index contributed by atoms with van der Waals surface area (Å²) < 4.78 is 33.5. The molecule has 0 heterocycles. The second-order valence-electron chi connectivity index (χ2n) is 7.50. The van der Waals surface area contributed by atoms with Crippen molar-refractivity contribution in [3.63, 3.8) is 0 Å². The van der Waals surface area contributed by atoms with E-state index in [-0.39, 0.29) is 11.1 Å². The summed E-state index contributed by atoms with van der Waals surface area (Å²) in [6.45, 7) is 12.0. The fourth-order valence-corrected chi connectivity index (χ4v) is 4.05.